The zero-order valence-corrected chi connectivity index (χ0v) is 21.0. The van der Waals surface area contributed by atoms with Crippen molar-refractivity contribution in [3.05, 3.63) is 73.2 Å². The first kappa shape index (κ1) is 23.4. The number of piperazine rings is 1. The highest BCUT2D eigenvalue weighted by molar-refractivity contribution is 5.93. The van der Waals surface area contributed by atoms with E-state index in [0.29, 0.717) is 0 Å². The highest BCUT2D eigenvalue weighted by Gasteiger charge is 2.21. The van der Waals surface area contributed by atoms with Crippen molar-refractivity contribution >= 4 is 34.1 Å². The highest BCUT2D eigenvalue weighted by atomic mass is 16.1. The molecule has 4 aromatic rings. The lowest BCUT2D eigenvalue weighted by atomic mass is 9.88. The topological polar surface area (TPSA) is 74.2 Å². The lowest BCUT2D eigenvalue weighted by molar-refractivity contribution is -0.120. The molecule has 1 N–H and O–H groups in total. The van der Waals surface area contributed by atoms with Gasteiger partial charge >= 0.3 is 0 Å². The molecule has 0 bridgehead atoms. The van der Waals surface area contributed by atoms with Gasteiger partial charge in [0.15, 0.2) is 0 Å². The average Bonchev–Trinajstić information content (AvgIpc) is 2.98. The van der Waals surface area contributed by atoms with Crippen molar-refractivity contribution in [1.29, 1.82) is 0 Å². The molecule has 0 atom stereocenters. The first-order valence-electron chi connectivity index (χ1n) is 13.3. The van der Waals surface area contributed by atoms with Gasteiger partial charge in [0.25, 0.3) is 0 Å². The van der Waals surface area contributed by atoms with Gasteiger partial charge in [-0.3, -0.25) is 14.8 Å². The maximum absolute atomic E-state index is 12.6. The van der Waals surface area contributed by atoms with Crippen LogP contribution < -0.4 is 15.1 Å². The second kappa shape index (κ2) is 10.5. The number of nitrogens with one attached hydrogen (secondary N) is 1. The Hall–Kier alpha value is -4.00. The summed E-state index contributed by atoms with van der Waals surface area (Å²) in [4.78, 5) is 31.1. The molecule has 3 heterocycles. The van der Waals surface area contributed by atoms with Gasteiger partial charge < -0.3 is 15.1 Å². The van der Waals surface area contributed by atoms with Gasteiger partial charge in [-0.25, -0.2) is 4.98 Å². The van der Waals surface area contributed by atoms with Gasteiger partial charge in [0.05, 0.1) is 17.2 Å². The van der Waals surface area contributed by atoms with Crippen molar-refractivity contribution in [1.82, 2.24) is 15.0 Å². The van der Waals surface area contributed by atoms with E-state index in [4.69, 9.17) is 4.98 Å². The second-order valence-corrected chi connectivity index (χ2v) is 10.0. The summed E-state index contributed by atoms with van der Waals surface area (Å²) < 4.78 is 0. The van der Waals surface area contributed by atoms with Crippen LogP contribution in [-0.2, 0) is 4.79 Å². The average molecular weight is 493 g/mol. The number of rotatable bonds is 5. The van der Waals surface area contributed by atoms with Crippen LogP contribution in [0.2, 0.25) is 0 Å². The van der Waals surface area contributed by atoms with E-state index in [1.54, 1.807) is 0 Å². The molecule has 1 aliphatic heterocycles. The molecule has 1 amide bonds. The Morgan fingerprint density at radius 2 is 1.49 bits per heavy atom. The van der Waals surface area contributed by atoms with Crippen LogP contribution in [0.1, 0.15) is 32.1 Å². The third-order valence-electron chi connectivity index (χ3n) is 7.62. The number of carbonyl (C=O) groups is 1. The standard InChI is InChI=1S/C30H32N6O/c37-30(23-4-2-1-3-5-23)33-25-9-6-22(7-10-25)24-8-11-27-28(20-24)34-29(21-32-27)36-18-16-35(17-19-36)26-12-14-31-15-13-26/h6-15,20-21,23H,1-5,16-19H2,(H,33,37). The highest BCUT2D eigenvalue weighted by Crippen LogP contribution is 2.28. The molecule has 2 aliphatic rings. The predicted molar refractivity (Wildman–Crippen MR) is 149 cm³/mol. The Labute approximate surface area is 217 Å². The van der Waals surface area contributed by atoms with Crippen LogP contribution in [0.15, 0.2) is 73.2 Å². The van der Waals surface area contributed by atoms with Crippen molar-refractivity contribution in [3.8, 4) is 11.1 Å². The van der Waals surface area contributed by atoms with Crippen LogP contribution in [0, 0.1) is 5.92 Å². The van der Waals surface area contributed by atoms with Gasteiger partial charge in [0.2, 0.25) is 5.91 Å². The van der Waals surface area contributed by atoms with Crippen LogP contribution in [0.25, 0.3) is 22.2 Å². The van der Waals surface area contributed by atoms with Gasteiger partial charge in [-0.2, -0.15) is 0 Å². The van der Waals surface area contributed by atoms with E-state index in [2.05, 4.69) is 61.5 Å². The monoisotopic (exact) mass is 492 g/mol. The van der Waals surface area contributed by atoms with Crippen molar-refractivity contribution in [2.45, 2.75) is 32.1 Å². The maximum atomic E-state index is 12.6. The maximum Gasteiger partial charge on any atom is 0.227 e. The first-order valence-corrected chi connectivity index (χ1v) is 13.3. The van der Waals surface area contributed by atoms with Crippen LogP contribution >= 0.6 is 0 Å². The summed E-state index contributed by atoms with van der Waals surface area (Å²) in [6, 6.07) is 18.4. The van der Waals surface area contributed by atoms with Gasteiger partial charge in [-0.15, -0.1) is 0 Å². The molecule has 0 unspecified atom stereocenters. The third kappa shape index (κ3) is 5.26. The Morgan fingerprint density at radius 3 is 2.24 bits per heavy atom. The van der Waals surface area contributed by atoms with Crippen molar-refractivity contribution in [3.63, 3.8) is 0 Å². The number of hydrogen-bond acceptors (Lipinski definition) is 6. The molecule has 0 spiro atoms. The summed E-state index contributed by atoms with van der Waals surface area (Å²) in [6.45, 7) is 3.67. The first-order chi connectivity index (χ1) is 18.2. The normalized spacial score (nSPS) is 16.6. The number of nitrogens with zero attached hydrogens (tertiary/aromatic N) is 5. The van der Waals surface area contributed by atoms with Crippen LogP contribution in [0.3, 0.4) is 0 Å². The van der Waals surface area contributed by atoms with E-state index in [1.807, 2.05) is 36.8 Å². The van der Waals surface area contributed by atoms with E-state index in [-0.39, 0.29) is 11.8 Å². The summed E-state index contributed by atoms with van der Waals surface area (Å²) in [7, 11) is 0. The van der Waals surface area contributed by atoms with Crippen LogP contribution in [0.4, 0.5) is 17.2 Å². The lowest BCUT2D eigenvalue weighted by Gasteiger charge is -2.36. The number of aromatic nitrogens is 3. The second-order valence-electron chi connectivity index (χ2n) is 10.0. The summed E-state index contributed by atoms with van der Waals surface area (Å²) in [5, 5.41) is 3.10. The molecule has 1 saturated heterocycles. The van der Waals surface area contributed by atoms with Crippen LogP contribution in [0.5, 0.6) is 0 Å². The third-order valence-corrected chi connectivity index (χ3v) is 7.62. The summed E-state index contributed by atoms with van der Waals surface area (Å²) in [5.41, 5.74) is 6.03. The molecular formula is C30H32N6O. The number of carbonyl (C=O) groups excluding carboxylic acids is 1. The molecule has 7 nitrogen and oxygen atoms in total. The smallest absolute Gasteiger partial charge is 0.227 e. The molecule has 2 aromatic carbocycles. The van der Waals surface area contributed by atoms with Gasteiger partial charge in [-0.05, 0) is 60.4 Å². The summed E-state index contributed by atoms with van der Waals surface area (Å²) in [6.07, 6.45) is 11.1. The fraction of sp³-hybridized carbons (Fsp3) is 0.333. The molecule has 2 fully saturated rings. The van der Waals surface area contributed by atoms with Gasteiger partial charge in [0.1, 0.15) is 5.82 Å². The summed E-state index contributed by atoms with van der Waals surface area (Å²) >= 11 is 0. The van der Waals surface area contributed by atoms with Crippen molar-refractivity contribution in [2.24, 2.45) is 5.92 Å². The minimum absolute atomic E-state index is 0.153. The fourth-order valence-corrected chi connectivity index (χ4v) is 5.44. The largest absolute Gasteiger partial charge is 0.368 e. The predicted octanol–water partition coefficient (Wildman–Crippen LogP) is 5.54. The number of pyridine rings is 1. The molecular weight excluding hydrogens is 460 g/mol. The van der Waals surface area contributed by atoms with Crippen LogP contribution in [-0.4, -0.2) is 47.0 Å². The Balaban J connectivity index is 1.14. The van der Waals surface area contributed by atoms with Gasteiger partial charge in [-0.1, -0.05) is 37.5 Å². The minimum atomic E-state index is 0.153. The van der Waals surface area contributed by atoms with E-state index >= 15 is 0 Å². The number of anilines is 3. The quantitative estimate of drug-likeness (QED) is 0.394. The van der Waals surface area contributed by atoms with Crippen molar-refractivity contribution < 1.29 is 4.79 Å². The van der Waals surface area contributed by atoms with E-state index in [9.17, 15) is 4.79 Å². The number of amides is 1. The molecule has 2 aromatic heterocycles. The molecule has 7 heteroatoms. The summed E-state index contributed by atoms with van der Waals surface area (Å²) in [5.74, 6) is 1.22. The molecule has 1 aliphatic carbocycles. The van der Waals surface area contributed by atoms with Crippen molar-refractivity contribution in [2.75, 3.05) is 41.3 Å². The molecule has 6 rings (SSSR count). The molecule has 0 radical (unpaired) electrons. The van der Waals surface area contributed by atoms with Gasteiger partial charge in [0, 0.05) is 55.9 Å². The van der Waals surface area contributed by atoms with E-state index < -0.39 is 0 Å². The van der Waals surface area contributed by atoms with E-state index in [0.717, 1.165) is 85.5 Å². The number of fused-ring (bicyclic) bond motifs is 1. The molecule has 188 valence electrons. The Bertz CT molecular complexity index is 1360. The zero-order valence-electron chi connectivity index (χ0n) is 21.0. The Kier molecular flexibility index (Phi) is 6.67. The minimum Gasteiger partial charge on any atom is -0.368 e. The van der Waals surface area contributed by atoms with E-state index in [1.165, 1.54) is 12.1 Å². The number of benzene rings is 2. The Morgan fingerprint density at radius 1 is 0.784 bits per heavy atom. The molecule has 1 saturated carbocycles. The molecule has 37 heavy (non-hydrogen) atoms. The SMILES string of the molecule is O=C(Nc1ccc(-c2ccc3ncc(N4CCN(c5ccncc5)CC4)nc3c2)cc1)C1CCCCC1. The number of hydrogen-bond donors (Lipinski definition) is 1. The fourth-order valence-electron chi connectivity index (χ4n) is 5.44. The zero-order chi connectivity index (χ0) is 25.0. The lowest BCUT2D eigenvalue weighted by Crippen LogP contribution is -2.46.